The molecule has 0 radical (unpaired) electrons. The van der Waals surface area contributed by atoms with Gasteiger partial charge in [0.1, 0.15) is 4.62 Å². The number of hydrogen-bond donors (Lipinski definition) is 0. The van der Waals surface area contributed by atoms with Gasteiger partial charge in [0.05, 0.1) is 13.2 Å². The van der Waals surface area contributed by atoms with Crippen LogP contribution >= 0.6 is 18.9 Å². The van der Waals surface area contributed by atoms with Crippen molar-refractivity contribution < 1.29 is 13.6 Å². The third-order valence-corrected chi connectivity index (χ3v) is 5.23. The molecule has 0 saturated carbocycles. The molecule has 0 aliphatic rings. The second kappa shape index (κ2) is 5.08. The maximum atomic E-state index is 12.2. The quantitative estimate of drug-likeness (QED) is 0.735. The molecule has 1 rings (SSSR count). The van der Waals surface area contributed by atoms with Gasteiger partial charge in [-0.2, -0.15) is 0 Å². The van der Waals surface area contributed by atoms with E-state index in [1.54, 1.807) is 0 Å². The average molecular weight is 234 g/mol. The summed E-state index contributed by atoms with van der Waals surface area (Å²) < 4.78 is 23.3. The monoisotopic (exact) mass is 234 g/mol. The summed E-state index contributed by atoms with van der Waals surface area (Å²) in [5, 5.41) is 0. The maximum Gasteiger partial charge on any atom is 0.371 e. The van der Waals surface area contributed by atoms with E-state index >= 15 is 0 Å². The molecule has 14 heavy (non-hydrogen) atoms. The summed E-state index contributed by atoms with van der Waals surface area (Å²) in [7, 11) is -3.03. The van der Waals surface area contributed by atoms with Crippen LogP contribution in [0.4, 0.5) is 0 Å². The molecule has 5 heteroatoms. The van der Waals surface area contributed by atoms with E-state index < -0.39 is 7.60 Å². The topological polar surface area (TPSA) is 35.5 Å². The van der Waals surface area contributed by atoms with Gasteiger partial charge in [-0.05, 0) is 32.9 Å². The zero-order chi connectivity index (χ0) is 10.6. The number of hydrogen-bond acceptors (Lipinski definition) is 4. The van der Waals surface area contributed by atoms with Crippen LogP contribution in [-0.2, 0) is 13.6 Å². The Balaban J connectivity index is 2.93. The van der Waals surface area contributed by atoms with Crippen molar-refractivity contribution in [2.45, 2.75) is 20.8 Å². The highest BCUT2D eigenvalue weighted by atomic mass is 32.1. The molecule has 0 amide bonds. The molecule has 0 unspecified atom stereocenters. The summed E-state index contributed by atoms with van der Waals surface area (Å²) in [6.07, 6.45) is 0. The molecule has 0 atom stereocenters. The smallest absolute Gasteiger partial charge is 0.305 e. The molecule has 0 bridgehead atoms. The van der Waals surface area contributed by atoms with Crippen molar-refractivity contribution in [2.75, 3.05) is 13.2 Å². The Bertz CT molecular complexity index is 325. The summed E-state index contributed by atoms with van der Waals surface area (Å²) in [4.78, 5) is 1.11. The third-order valence-electron chi connectivity index (χ3n) is 1.59. The molecule has 0 fully saturated rings. The van der Waals surface area contributed by atoms with E-state index in [0.29, 0.717) is 17.8 Å². The third kappa shape index (κ3) is 2.67. The molecule has 0 spiro atoms. The van der Waals surface area contributed by atoms with Crippen LogP contribution in [0.15, 0.2) is 12.1 Å². The molecule has 0 aliphatic heterocycles. The molecule has 3 nitrogen and oxygen atoms in total. The first-order valence-corrected chi connectivity index (χ1v) is 6.94. The zero-order valence-electron chi connectivity index (χ0n) is 8.65. The Kier molecular flexibility index (Phi) is 4.32. The van der Waals surface area contributed by atoms with Crippen LogP contribution in [0.2, 0.25) is 0 Å². The van der Waals surface area contributed by atoms with Crippen molar-refractivity contribution in [1.29, 1.82) is 0 Å². The van der Waals surface area contributed by atoms with Crippen LogP contribution in [0.5, 0.6) is 0 Å². The van der Waals surface area contributed by atoms with E-state index in [1.807, 2.05) is 32.9 Å². The van der Waals surface area contributed by atoms with Crippen molar-refractivity contribution in [3.8, 4) is 0 Å². The van der Waals surface area contributed by atoms with Crippen molar-refractivity contribution in [3.05, 3.63) is 17.0 Å². The maximum absolute atomic E-state index is 12.2. The predicted octanol–water partition coefficient (Wildman–Crippen LogP) is 2.95. The van der Waals surface area contributed by atoms with Gasteiger partial charge in [0.15, 0.2) is 0 Å². The lowest BCUT2D eigenvalue weighted by Gasteiger charge is -2.14. The zero-order valence-corrected chi connectivity index (χ0v) is 10.4. The van der Waals surface area contributed by atoms with Gasteiger partial charge in [-0.25, -0.2) is 0 Å². The van der Waals surface area contributed by atoms with Crippen LogP contribution in [0.1, 0.15) is 18.7 Å². The summed E-state index contributed by atoms with van der Waals surface area (Å²) >= 11 is 1.46. The Labute approximate surface area is 88.6 Å². The summed E-state index contributed by atoms with van der Waals surface area (Å²) in [6.45, 7) is 6.39. The van der Waals surface area contributed by atoms with Gasteiger partial charge in [-0.1, -0.05) is 0 Å². The van der Waals surface area contributed by atoms with E-state index in [-0.39, 0.29) is 0 Å². The van der Waals surface area contributed by atoms with Crippen molar-refractivity contribution >= 4 is 23.6 Å². The number of rotatable bonds is 5. The number of thiophene rings is 1. The van der Waals surface area contributed by atoms with Gasteiger partial charge in [-0.3, -0.25) is 4.57 Å². The van der Waals surface area contributed by atoms with Crippen LogP contribution in [0.3, 0.4) is 0 Å². The van der Waals surface area contributed by atoms with Crippen LogP contribution in [-0.4, -0.2) is 13.2 Å². The van der Waals surface area contributed by atoms with E-state index in [1.165, 1.54) is 11.3 Å². The van der Waals surface area contributed by atoms with Gasteiger partial charge in [0, 0.05) is 4.88 Å². The minimum absolute atomic E-state index is 0.397. The average Bonchev–Trinajstić information content (AvgIpc) is 2.53. The highest BCUT2D eigenvalue weighted by Crippen LogP contribution is 2.48. The van der Waals surface area contributed by atoms with Gasteiger partial charge >= 0.3 is 7.60 Å². The lowest BCUT2D eigenvalue weighted by atomic mass is 10.5. The summed E-state index contributed by atoms with van der Waals surface area (Å²) in [6, 6.07) is 3.73. The van der Waals surface area contributed by atoms with Gasteiger partial charge in [-0.15, -0.1) is 11.3 Å². The van der Waals surface area contributed by atoms with Crippen molar-refractivity contribution in [1.82, 2.24) is 0 Å². The lowest BCUT2D eigenvalue weighted by molar-refractivity contribution is 0.230. The molecule has 1 heterocycles. The van der Waals surface area contributed by atoms with Crippen LogP contribution < -0.4 is 4.62 Å². The largest absolute Gasteiger partial charge is 0.371 e. The lowest BCUT2D eigenvalue weighted by Crippen LogP contribution is -2.06. The molecule has 0 aliphatic carbocycles. The summed E-state index contributed by atoms with van der Waals surface area (Å²) in [5.41, 5.74) is 0. The molecule has 80 valence electrons. The van der Waals surface area contributed by atoms with Crippen molar-refractivity contribution in [2.24, 2.45) is 0 Å². The minimum Gasteiger partial charge on any atom is -0.305 e. The normalized spacial score (nSPS) is 11.9. The highest BCUT2D eigenvalue weighted by Gasteiger charge is 2.27. The molecular weight excluding hydrogens is 219 g/mol. The van der Waals surface area contributed by atoms with Crippen molar-refractivity contribution in [3.63, 3.8) is 0 Å². The Morgan fingerprint density at radius 3 is 2.21 bits per heavy atom. The molecule has 0 N–H and O–H groups in total. The predicted molar refractivity (Wildman–Crippen MR) is 59.5 cm³/mol. The second-order valence-corrected chi connectivity index (χ2v) is 6.30. The Morgan fingerprint density at radius 2 is 1.86 bits per heavy atom. The Hall–Kier alpha value is -0.150. The van der Waals surface area contributed by atoms with E-state index in [4.69, 9.17) is 9.05 Å². The van der Waals surface area contributed by atoms with E-state index in [9.17, 15) is 4.57 Å². The molecule has 1 aromatic rings. The van der Waals surface area contributed by atoms with Gasteiger partial charge in [0.2, 0.25) is 0 Å². The first-order valence-electron chi connectivity index (χ1n) is 4.58. The van der Waals surface area contributed by atoms with Crippen LogP contribution in [0, 0.1) is 6.92 Å². The Morgan fingerprint density at radius 1 is 1.29 bits per heavy atom. The van der Waals surface area contributed by atoms with Gasteiger partial charge in [0.25, 0.3) is 0 Å². The molecule has 0 aromatic carbocycles. The molecule has 0 saturated heterocycles. The van der Waals surface area contributed by atoms with Crippen LogP contribution in [0.25, 0.3) is 0 Å². The minimum atomic E-state index is -3.03. The van der Waals surface area contributed by atoms with E-state index in [2.05, 4.69) is 0 Å². The summed E-state index contributed by atoms with van der Waals surface area (Å²) in [5.74, 6) is 0. The fraction of sp³-hybridized carbons (Fsp3) is 0.556. The first kappa shape index (κ1) is 11.9. The molecular formula is C9H15O3PS. The van der Waals surface area contributed by atoms with E-state index in [0.717, 1.165) is 4.88 Å². The fourth-order valence-corrected chi connectivity index (χ4v) is 4.14. The number of aryl methyl sites for hydroxylation is 1. The standard InChI is InChI=1S/C9H15O3PS/c1-4-11-13(10,12-5-2)9-7-6-8(3)14-9/h6-7H,4-5H2,1-3H3. The van der Waals surface area contributed by atoms with Gasteiger partial charge < -0.3 is 9.05 Å². The first-order chi connectivity index (χ1) is 6.62. The second-order valence-electron chi connectivity index (χ2n) is 2.72. The highest BCUT2D eigenvalue weighted by molar-refractivity contribution is 7.68. The fourth-order valence-electron chi connectivity index (χ4n) is 1.07. The SMILES string of the molecule is CCOP(=O)(OCC)c1ccc(C)s1. The molecule has 1 aromatic heterocycles.